The van der Waals surface area contributed by atoms with E-state index in [1.54, 1.807) is 33.3 Å². The molecule has 0 spiro atoms. The number of hydrogen-bond donors (Lipinski definition) is 0. The summed E-state index contributed by atoms with van der Waals surface area (Å²) in [5.74, 6) is 0.719. The lowest BCUT2D eigenvalue weighted by atomic mass is 10.0. The normalized spacial score (nSPS) is 13.7. The molecule has 8 nitrogen and oxygen atoms in total. The van der Waals surface area contributed by atoms with E-state index < -0.39 is 5.97 Å². The minimum atomic E-state index is -0.449. The second kappa shape index (κ2) is 9.77. The summed E-state index contributed by atoms with van der Waals surface area (Å²) >= 11 is 0. The minimum Gasteiger partial charge on any atom is -0.496 e. The second-order valence-electron chi connectivity index (χ2n) is 7.58. The number of fused-ring (bicyclic) bond motifs is 1. The number of amides is 1. The summed E-state index contributed by atoms with van der Waals surface area (Å²) in [4.78, 5) is 34.2. The molecular formula is C25H27N3O5. The number of carbonyl (C=O) groups excluding carboxylic acids is 2. The Balaban J connectivity index is 1.73. The van der Waals surface area contributed by atoms with Gasteiger partial charge < -0.3 is 24.0 Å². The van der Waals surface area contributed by atoms with E-state index in [4.69, 9.17) is 14.2 Å². The summed E-state index contributed by atoms with van der Waals surface area (Å²) in [5.41, 5.74) is 2.31. The number of anilines is 1. The first kappa shape index (κ1) is 22.4. The first-order valence-electron chi connectivity index (χ1n) is 10.9. The summed E-state index contributed by atoms with van der Waals surface area (Å²) in [5, 5.41) is 0.685. The van der Waals surface area contributed by atoms with Crippen LogP contribution in [-0.4, -0.2) is 68.8 Å². The molecule has 0 bridgehead atoms. The molecule has 0 aliphatic carbocycles. The highest BCUT2D eigenvalue weighted by atomic mass is 16.5. The highest BCUT2D eigenvalue weighted by molar-refractivity contribution is 6.09. The van der Waals surface area contributed by atoms with Gasteiger partial charge in [-0.2, -0.15) is 0 Å². The number of piperazine rings is 1. The number of nitrogens with zero attached hydrogens (tertiary/aromatic N) is 3. The van der Waals surface area contributed by atoms with Crippen LogP contribution in [0.5, 0.6) is 11.5 Å². The van der Waals surface area contributed by atoms with Gasteiger partial charge in [0.1, 0.15) is 22.6 Å². The summed E-state index contributed by atoms with van der Waals surface area (Å²) in [6.45, 7) is 4.15. The van der Waals surface area contributed by atoms with Crippen LogP contribution in [0, 0.1) is 0 Å². The van der Waals surface area contributed by atoms with Gasteiger partial charge in [-0.15, -0.1) is 0 Å². The van der Waals surface area contributed by atoms with E-state index in [9.17, 15) is 9.59 Å². The van der Waals surface area contributed by atoms with E-state index in [1.807, 2.05) is 35.2 Å². The van der Waals surface area contributed by atoms with Crippen LogP contribution in [0.25, 0.3) is 10.9 Å². The van der Waals surface area contributed by atoms with Gasteiger partial charge in [-0.1, -0.05) is 18.2 Å². The SMILES string of the molecule is CCOC(=O)c1cnc2c(OC)ccc(OC)c2c1N1CCN(C(=O)c2ccccc2)CC1. The standard InChI is InChI=1S/C25H27N3O5/c1-4-33-25(30)18-16-26-22-20(32-3)11-10-19(31-2)21(22)23(18)27-12-14-28(15-13-27)24(29)17-8-6-5-7-9-17/h5-11,16H,4,12-15H2,1-3H3. The van der Waals surface area contributed by atoms with Crippen LogP contribution < -0.4 is 14.4 Å². The molecule has 1 fully saturated rings. The molecule has 3 aromatic rings. The molecule has 2 aromatic carbocycles. The van der Waals surface area contributed by atoms with Crippen LogP contribution in [0.1, 0.15) is 27.6 Å². The fraction of sp³-hybridized carbons (Fsp3) is 0.320. The molecule has 0 unspecified atom stereocenters. The van der Waals surface area contributed by atoms with Crippen molar-refractivity contribution in [2.75, 3.05) is 51.9 Å². The van der Waals surface area contributed by atoms with Crippen LogP contribution in [0.4, 0.5) is 5.69 Å². The molecule has 172 valence electrons. The number of benzene rings is 2. The lowest BCUT2D eigenvalue weighted by Gasteiger charge is -2.37. The Kier molecular flexibility index (Phi) is 6.63. The number of ether oxygens (including phenoxy) is 3. The van der Waals surface area contributed by atoms with Gasteiger partial charge in [0.25, 0.3) is 5.91 Å². The smallest absolute Gasteiger partial charge is 0.341 e. The molecule has 0 radical (unpaired) electrons. The van der Waals surface area contributed by atoms with Crippen molar-refractivity contribution < 1.29 is 23.8 Å². The van der Waals surface area contributed by atoms with E-state index in [2.05, 4.69) is 9.88 Å². The van der Waals surface area contributed by atoms with Gasteiger partial charge in [-0.25, -0.2) is 4.79 Å². The van der Waals surface area contributed by atoms with Gasteiger partial charge in [0, 0.05) is 37.9 Å². The van der Waals surface area contributed by atoms with E-state index in [1.165, 1.54) is 6.20 Å². The largest absolute Gasteiger partial charge is 0.496 e. The van der Waals surface area contributed by atoms with Crippen LogP contribution in [-0.2, 0) is 4.74 Å². The summed E-state index contributed by atoms with van der Waals surface area (Å²) < 4.78 is 16.5. The lowest BCUT2D eigenvalue weighted by Crippen LogP contribution is -2.49. The maximum Gasteiger partial charge on any atom is 0.341 e. The van der Waals surface area contributed by atoms with Crippen LogP contribution in [0.15, 0.2) is 48.7 Å². The Morgan fingerprint density at radius 2 is 1.61 bits per heavy atom. The van der Waals surface area contributed by atoms with Crippen LogP contribution >= 0.6 is 0 Å². The van der Waals surface area contributed by atoms with Crippen molar-refractivity contribution in [3.63, 3.8) is 0 Å². The van der Waals surface area contributed by atoms with E-state index in [0.29, 0.717) is 65.4 Å². The predicted molar refractivity (Wildman–Crippen MR) is 125 cm³/mol. The first-order valence-corrected chi connectivity index (χ1v) is 10.9. The molecule has 0 saturated carbocycles. The van der Waals surface area contributed by atoms with Gasteiger partial charge in [0.2, 0.25) is 0 Å². The predicted octanol–water partition coefficient (Wildman–Crippen LogP) is 3.39. The van der Waals surface area contributed by atoms with Crippen molar-refractivity contribution >= 4 is 28.5 Å². The van der Waals surface area contributed by atoms with E-state index in [-0.39, 0.29) is 12.5 Å². The Labute approximate surface area is 192 Å². The number of esters is 1. The van der Waals surface area contributed by atoms with Crippen molar-refractivity contribution in [3.8, 4) is 11.5 Å². The molecule has 1 aliphatic heterocycles. The maximum atomic E-state index is 12.9. The first-order chi connectivity index (χ1) is 16.1. The third-order valence-electron chi connectivity index (χ3n) is 5.76. The zero-order valence-electron chi connectivity index (χ0n) is 19.0. The fourth-order valence-electron chi connectivity index (χ4n) is 4.15. The van der Waals surface area contributed by atoms with E-state index in [0.717, 1.165) is 0 Å². The third kappa shape index (κ3) is 4.28. The van der Waals surface area contributed by atoms with Crippen molar-refractivity contribution in [2.24, 2.45) is 0 Å². The number of hydrogen-bond acceptors (Lipinski definition) is 7. The molecule has 8 heteroatoms. The van der Waals surface area contributed by atoms with Gasteiger partial charge in [0.15, 0.2) is 0 Å². The topological polar surface area (TPSA) is 81.2 Å². The molecule has 1 saturated heterocycles. The molecule has 1 aromatic heterocycles. The quantitative estimate of drug-likeness (QED) is 0.534. The zero-order valence-corrected chi connectivity index (χ0v) is 19.0. The van der Waals surface area contributed by atoms with Gasteiger partial charge in [-0.05, 0) is 31.2 Å². The highest BCUT2D eigenvalue weighted by Gasteiger charge is 2.29. The second-order valence-corrected chi connectivity index (χ2v) is 7.58. The molecule has 0 N–H and O–H groups in total. The van der Waals surface area contributed by atoms with Crippen molar-refractivity contribution in [3.05, 3.63) is 59.8 Å². The van der Waals surface area contributed by atoms with Crippen LogP contribution in [0.2, 0.25) is 0 Å². The minimum absolute atomic E-state index is 0.000276. The number of methoxy groups -OCH3 is 2. The maximum absolute atomic E-state index is 12.9. The molecule has 4 rings (SSSR count). The number of carbonyl (C=O) groups is 2. The number of rotatable bonds is 6. The molecule has 33 heavy (non-hydrogen) atoms. The van der Waals surface area contributed by atoms with Crippen molar-refractivity contribution in [1.82, 2.24) is 9.88 Å². The average molecular weight is 450 g/mol. The van der Waals surface area contributed by atoms with Gasteiger partial charge in [0.05, 0.1) is 31.9 Å². The lowest BCUT2D eigenvalue weighted by molar-refractivity contribution is 0.0525. The Morgan fingerprint density at radius 3 is 2.24 bits per heavy atom. The van der Waals surface area contributed by atoms with Crippen LogP contribution in [0.3, 0.4) is 0 Å². The summed E-state index contributed by atoms with van der Waals surface area (Å²) in [6.07, 6.45) is 1.53. The molecule has 2 heterocycles. The van der Waals surface area contributed by atoms with Crippen molar-refractivity contribution in [2.45, 2.75) is 6.92 Å². The Hall–Kier alpha value is -3.81. The Morgan fingerprint density at radius 1 is 0.939 bits per heavy atom. The number of aromatic nitrogens is 1. The number of pyridine rings is 1. The van der Waals surface area contributed by atoms with Gasteiger partial charge in [-0.3, -0.25) is 9.78 Å². The van der Waals surface area contributed by atoms with E-state index >= 15 is 0 Å². The van der Waals surface area contributed by atoms with Crippen molar-refractivity contribution in [1.29, 1.82) is 0 Å². The molecule has 1 amide bonds. The summed E-state index contributed by atoms with van der Waals surface area (Å²) in [7, 11) is 3.16. The zero-order chi connectivity index (χ0) is 23.4. The monoisotopic (exact) mass is 449 g/mol. The van der Waals surface area contributed by atoms with Gasteiger partial charge >= 0.3 is 5.97 Å². The molecule has 1 aliphatic rings. The highest BCUT2D eigenvalue weighted by Crippen LogP contribution is 2.41. The molecular weight excluding hydrogens is 422 g/mol. The fourth-order valence-corrected chi connectivity index (χ4v) is 4.15. The molecule has 0 atom stereocenters. The Bertz CT molecular complexity index is 1160. The average Bonchev–Trinajstić information content (AvgIpc) is 2.87. The third-order valence-corrected chi connectivity index (χ3v) is 5.76. The summed E-state index contributed by atoms with van der Waals surface area (Å²) in [6, 6.07) is 12.8.